The number of rotatable bonds is 3. The van der Waals surface area contributed by atoms with Crippen LogP contribution in [0.1, 0.15) is 47.0 Å². The zero-order valence-corrected chi connectivity index (χ0v) is 9.85. The van der Waals surface area contributed by atoms with Crippen LogP contribution in [0.5, 0.6) is 0 Å². The van der Waals surface area contributed by atoms with Gasteiger partial charge in [-0.25, -0.2) is 4.79 Å². The normalized spacial score (nSPS) is 15.9. The van der Waals surface area contributed by atoms with Crippen molar-refractivity contribution < 1.29 is 14.7 Å². The Morgan fingerprint density at radius 2 is 1.88 bits per heavy atom. The van der Waals surface area contributed by atoms with Gasteiger partial charge < -0.3 is 10.1 Å². The minimum atomic E-state index is -0.997. The molecular weight excluding hydrogens is 220 g/mol. The predicted octanol–water partition coefficient (Wildman–Crippen LogP) is 1.51. The summed E-state index contributed by atoms with van der Waals surface area (Å²) in [7, 11) is 0. The summed E-state index contributed by atoms with van der Waals surface area (Å²) in [5, 5.41) is 11.1. The Labute approximate surface area is 99.6 Å². The molecular formula is C12H16N2O3. The van der Waals surface area contributed by atoms with E-state index in [0.29, 0.717) is 5.56 Å². The summed E-state index contributed by atoms with van der Waals surface area (Å²) in [6.45, 7) is 3.13. The lowest BCUT2D eigenvalue weighted by Gasteiger charge is -2.30. The zero-order chi connectivity index (χ0) is 12.4. The monoisotopic (exact) mass is 236 g/mol. The van der Waals surface area contributed by atoms with E-state index >= 15 is 0 Å². The van der Waals surface area contributed by atoms with Crippen LogP contribution in [0, 0.1) is 0 Å². The number of piperidine rings is 1. The lowest BCUT2D eigenvalue weighted by molar-refractivity contribution is 0.0684. The number of nitrogens with zero attached hydrogens (tertiary/aromatic N) is 2. The van der Waals surface area contributed by atoms with Gasteiger partial charge in [-0.05, 0) is 32.3 Å². The third kappa shape index (κ3) is 2.33. The highest BCUT2D eigenvalue weighted by Gasteiger charge is 2.20. The number of carboxylic acid groups (broad SMARTS) is 1. The van der Waals surface area contributed by atoms with E-state index in [0.717, 1.165) is 25.9 Å². The molecule has 1 saturated heterocycles. The minimum absolute atomic E-state index is 0.108. The molecule has 0 aromatic carbocycles. The Morgan fingerprint density at radius 3 is 2.41 bits per heavy atom. The van der Waals surface area contributed by atoms with E-state index in [9.17, 15) is 9.59 Å². The molecule has 1 fully saturated rings. The van der Waals surface area contributed by atoms with Crippen LogP contribution in [-0.4, -0.2) is 34.6 Å². The lowest BCUT2D eigenvalue weighted by atomic mass is 10.2. The molecule has 92 valence electrons. The summed E-state index contributed by atoms with van der Waals surface area (Å²) in [4.78, 5) is 22.4. The number of aromatic nitrogens is 1. The van der Waals surface area contributed by atoms with Gasteiger partial charge in [-0.15, -0.1) is 0 Å². The molecule has 2 heterocycles. The maximum Gasteiger partial charge on any atom is 0.354 e. The van der Waals surface area contributed by atoms with Crippen molar-refractivity contribution in [2.24, 2.45) is 0 Å². The molecule has 0 bridgehead atoms. The third-order valence-electron chi connectivity index (χ3n) is 3.06. The van der Waals surface area contributed by atoms with E-state index < -0.39 is 5.97 Å². The second-order valence-electron chi connectivity index (χ2n) is 4.33. The van der Waals surface area contributed by atoms with Crippen molar-refractivity contribution in [1.29, 1.82) is 0 Å². The Bertz CT molecular complexity index is 445. The highest BCUT2D eigenvalue weighted by molar-refractivity contribution is 5.97. The molecule has 0 atom stereocenters. The largest absolute Gasteiger partial charge is 0.477 e. The van der Waals surface area contributed by atoms with E-state index in [1.54, 1.807) is 10.9 Å². The van der Waals surface area contributed by atoms with Crippen molar-refractivity contribution in [3.63, 3.8) is 0 Å². The van der Waals surface area contributed by atoms with Gasteiger partial charge in [0.25, 0.3) is 0 Å². The van der Waals surface area contributed by atoms with Crippen LogP contribution >= 0.6 is 0 Å². The quantitative estimate of drug-likeness (QED) is 0.808. The first-order valence-electron chi connectivity index (χ1n) is 5.81. The predicted molar refractivity (Wildman–Crippen MR) is 63.2 cm³/mol. The molecule has 0 aliphatic carbocycles. The summed E-state index contributed by atoms with van der Waals surface area (Å²) in [6.07, 6.45) is 4.93. The van der Waals surface area contributed by atoms with Crippen LogP contribution in [0.4, 0.5) is 0 Å². The number of aromatic carboxylic acids is 1. The van der Waals surface area contributed by atoms with Gasteiger partial charge in [-0.1, -0.05) is 0 Å². The summed E-state index contributed by atoms with van der Waals surface area (Å²) >= 11 is 0. The van der Waals surface area contributed by atoms with E-state index in [4.69, 9.17) is 5.11 Å². The molecule has 0 unspecified atom stereocenters. The SMILES string of the molecule is CC(=O)c1cc(C(=O)O)n(N2CCCCC2)c1. The topological polar surface area (TPSA) is 62.5 Å². The Morgan fingerprint density at radius 1 is 1.24 bits per heavy atom. The van der Waals surface area contributed by atoms with E-state index in [1.807, 2.05) is 5.01 Å². The molecule has 17 heavy (non-hydrogen) atoms. The molecule has 1 aromatic heterocycles. The van der Waals surface area contributed by atoms with Crippen LogP contribution in [0.15, 0.2) is 12.3 Å². The van der Waals surface area contributed by atoms with Gasteiger partial charge >= 0.3 is 5.97 Å². The van der Waals surface area contributed by atoms with Gasteiger partial charge in [-0.2, -0.15) is 0 Å². The molecule has 1 aromatic rings. The maximum absolute atomic E-state index is 11.3. The second-order valence-corrected chi connectivity index (χ2v) is 4.33. The molecule has 1 aliphatic rings. The van der Waals surface area contributed by atoms with Crippen molar-refractivity contribution in [2.45, 2.75) is 26.2 Å². The van der Waals surface area contributed by atoms with Crippen molar-refractivity contribution in [1.82, 2.24) is 4.68 Å². The van der Waals surface area contributed by atoms with Crippen LogP contribution in [-0.2, 0) is 0 Å². The molecule has 1 aliphatic heterocycles. The first-order chi connectivity index (χ1) is 8.09. The fourth-order valence-electron chi connectivity index (χ4n) is 2.13. The van der Waals surface area contributed by atoms with E-state index in [2.05, 4.69) is 0 Å². The first-order valence-corrected chi connectivity index (χ1v) is 5.81. The molecule has 5 nitrogen and oxygen atoms in total. The van der Waals surface area contributed by atoms with Crippen molar-refractivity contribution >= 4 is 11.8 Å². The van der Waals surface area contributed by atoms with Gasteiger partial charge in [-0.3, -0.25) is 9.47 Å². The van der Waals surface area contributed by atoms with Gasteiger partial charge in [0.15, 0.2) is 5.78 Å². The van der Waals surface area contributed by atoms with Gasteiger partial charge in [0.1, 0.15) is 5.69 Å². The van der Waals surface area contributed by atoms with Gasteiger partial charge in [0, 0.05) is 24.8 Å². The summed E-state index contributed by atoms with van der Waals surface area (Å²) in [5.41, 5.74) is 0.616. The van der Waals surface area contributed by atoms with Crippen LogP contribution in [0.3, 0.4) is 0 Å². The summed E-state index contributed by atoms with van der Waals surface area (Å²) < 4.78 is 1.61. The zero-order valence-electron chi connectivity index (χ0n) is 9.85. The second kappa shape index (κ2) is 4.61. The number of Topliss-reactive ketones (excluding diaryl/α,β-unsaturated/α-hetero) is 1. The van der Waals surface area contributed by atoms with Crippen LogP contribution < -0.4 is 5.01 Å². The first kappa shape index (κ1) is 11.7. The molecule has 1 N–H and O–H groups in total. The van der Waals surface area contributed by atoms with Crippen LogP contribution in [0.2, 0.25) is 0 Å². The highest BCUT2D eigenvalue weighted by atomic mass is 16.4. The number of carboxylic acids is 1. The maximum atomic E-state index is 11.3. The van der Waals surface area contributed by atoms with E-state index in [1.165, 1.54) is 19.4 Å². The third-order valence-corrected chi connectivity index (χ3v) is 3.06. The standard InChI is InChI=1S/C12H16N2O3/c1-9(15)10-7-11(12(16)17)14(8-10)13-5-3-2-4-6-13/h7-8H,2-6H2,1H3,(H,16,17). The molecule has 0 spiro atoms. The highest BCUT2D eigenvalue weighted by Crippen LogP contribution is 2.14. The molecule has 0 amide bonds. The summed E-state index contributed by atoms with van der Waals surface area (Å²) in [5.74, 6) is -1.11. The number of hydrogen-bond acceptors (Lipinski definition) is 3. The van der Waals surface area contributed by atoms with Crippen molar-refractivity contribution in [2.75, 3.05) is 18.1 Å². The number of carbonyl (C=O) groups excluding carboxylic acids is 1. The lowest BCUT2D eigenvalue weighted by Crippen LogP contribution is -2.40. The minimum Gasteiger partial charge on any atom is -0.477 e. The molecule has 0 saturated carbocycles. The number of carbonyl (C=O) groups is 2. The fourth-order valence-corrected chi connectivity index (χ4v) is 2.13. The summed E-state index contributed by atoms with van der Waals surface area (Å²) in [6, 6.07) is 1.44. The van der Waals surface area contributed by atoms with E-state index in [-0.39, 0.29) is 11.5 Å². The number of ketones is 1. The molecule has 0 radical (unpaired) electrons. The fraction of sp³-hybridized carbons (Fsp3) is 0.500. The number of hydrogen-bond donors (Lipinski definition) is 1. The molecule has 5 heteroatoms. The average molecular weight is 236 g/mol. The van der Waals surface area contributed by atoms with Crippen molar-refractivity contribution in [3.8, 4) is 0 Å². The van der Waals surface area contributed by atoms with Gasteiger partial charge in [0.05, 0.1) is 0 Å². The Hall–Kier alpha value is -1.78. The molecule has 2 rings (SSSR count). The Kier molecular flexibility index (Phi) is 3.17. The van der Waals surface area contributed by atoms with Crippen molar-refractivity contribution in [3.05, 3.63) is 23.5 Å². The average Bonchev–Trinajstić information content (AvgIpc) is 2.75. The Balaban J connectivity index is 2.36. The van der Waals surface area contributed by atoms with Gasteiger partial charge in [0.2, 0.25) is 0 Å². The van der Waals surface area contributed by atoms with Crippen LogP contribution in [0.25, 0.3) is 0 Å². The smallest absolute Gasteiger partial charge is 0.354 e.